The number of carboxylic acids is 1. The summed E-state index contributed by atoms with van der Waals surface area (Å²) in [7, 11) is 0. The Labute approximate surface area is 185 Å². The smallest absolute Gasteiger partial charge is 0.320 e. The van der Waals surface area contributed by atoms with E-state index in [9.17, 15) is 14.4 Å². The predicted molar refractivity (Wildman–Crippen MR) is 117 cm³/mol. The van der Waals surface area contributed by atoms with Crippen molar-refractivity contribution in [1.82, 2.24) is 0 Å². The Balaban J connectivity index is 0. The quantitative estimate of drug-likeness (QED) is 0.161. The third-order valence-electron chi connectivity index (χ3n) is 4.07. The zero-order chi connectivity index (χ0) is 22.2. The van der Waals surface area contributed by atoms with Gasteiger partial charge in [-0.25, -0.2) is 0 Å². The molecule has 6 nitrogen and oxygen atoms in total. The minimum absolute atomic E-state index is 0.00812. The van der Waals surface area contributed by atoms with Gasteiger partial charge < -0.3 is 14.6 Å². The van der Waals surface area contributed by atoms with Gasteiger partial charge in [0.1, 0.15) is 25.0 Å². The molecule has 29 heavy (non-hydrogen) atoms. The van der Waals surface area contributed by atoms with Crippen LogP contribution in [0.15, 0.2) is 0 Å². The van der Waals surface area contributed by atoms with Crippen LogP contribution in [-0.2, 0) is 23.9 Å². The minimum Gasteiger partial charge on any atom is -0.481 e. The van der Waals surface area contributed by atoms with Gasteiger partial charge in [-0.2, -0.15) is 0 Å². The Morgan fingerprint density at radius 2 is 1.00 bits per heavy atom. The van der Waals surface area contributed by atoms with Crippen LogP contribution in [0.1, 0.15) is 90.4 Å². The number of halogens is 2. The van der Waals surface area contributed by atoms with Crippen molar-refractivity contribution in [3.05, 3.63) is 0 Å². The lowest BCUT2D eigenvalue weighted by atomic mass is 10.0. The summed E-state index contributed by atoms with van der Waals surface area (Å²) < 4.78 is 8.99. The van der Waals surface area contributed by atoms with Crippen LogP contribution in [0.4, 0.5) is 0 Å². The van der Waals surface area contributed by atoms with E-state index in [1.165, 1.54) is 64.2 Å². The molecule has 0 aromatic rings. The monoisotopic (exact) mass is 456 g/mol. The average Bonchev–Trinajstić information content (AvgIpc) is 2.71. The molecule has 0 aliphatic heterocycles. The standard InChI is InChI=1S/C15H30O2.C6H8Cl2O4/c1-2-3-4-5-6-7-8-9-10-11-12-13-14-15(16)17;7-3-5(9)11-1-2-12-6(10)4-8/h2-14H2,1H3,(H,16,17);1-4H2. The van der Waals surface area contributed by atoms with Crippen molar-refractivity contribution in [2.24, 2.45) is 0 Å². The third-order valence-corrected chi connectivity index (χ3v) is 4.51. The largest absolute Gasteiger partial charge is 0.481 e. The van der Waals surface area contributed by atoms with Crippen molar-refractivity contribution in [2.75, 3.05) is 25.0 Å². The second-order valence-corrected chi connectivity index (χ2v) is 7.28. The zero-order valence-electron chi connectivity index (χ0n) is 17.8. The maximum atomic E-state index is 10.4. The van der Waals surface area contributed by atoms with Crippen LogP contribution in [0.3, 0.4) is 0 Å². The normalized spacial score (nSPS) is 10.0. The van der Waals surface area contributed by atoms with Crippen LogP contribution in [0.25, 0.3) is 0 Å². The summed E-state index contributed by atoms with van der Waals surface area (Å²) in [5, 5.41) is 8.47. The van der Waals surface area contributed by atoms with Gasteiger partial charge in [0.25, 0.3) is 0 Å². The van der Waals surface area contributed by atoms with Gasteiger partial charge in [0.2, 0.25) is 0 Å². The van der Waals surface area contributed by atoms with Gasteiger partial charge in [-0.15, -0.1) is 23.2 Å². The second kappa shape index (κ2) is 25.0. The Morgan fingerprint density at radius 3 is 1.31 bits per heavy atom. The molecule has 1 N–H and O–H groups in total. The van der Waals surface area contributed by atoms with Gasteiger partial charge in [-0.1, -0.05) is 77.6 Å². The first-order valence-electron chi connectivity index (χ1n) is 10.6. The summed E-state index contributed by atoms with van der Waals surface area (Å²) >= 11 is 10.2. The van der Waals surface area contributed by atoms with Crippen LogP contribution in [0.5, 0.6) is 0 Å². The molecule has 0 spiro atoms. The number of hydrogen-bond acceptors (Lipinski definition) is 5. The predicted octanol–water partition coefficient (Wildman–Crippen LogP) is 5.71. The molecule has 0 aromatic carbocycles. The number of aliphatic carboxylic acids is 1. The molecule has 0 unspecified atom stereocenters. The van der Waals surface area contributed by atoms with E-state index in [1.807, 2.05) is 0 Å². The summed E-state index contributed by atoms with van der Waals surface area (Å²) in [6.07, 6.45) is 15.8. The van der Waals surface area contributed by atoms with E-state index in [0.29, 0.717) is 6.42 Å². The number of hydrogen-bond donors (Lipinski definition) is 1. The van der Waals surface area contributed by atoms with Crippen molar-refractivity contribution in [1.29, 1.82) is 0 Å². The summed E-state index contributed by atoms with van der Waals surface area (Å²) in [4.78, 5) is 31.1. The summed E-state index contributed by atoms with van der Waals surface area (Å²) in [6.45, 7) is 2.27. The number of carbonyl (C=O) groups is 3. The summed E-state index contributed by atoms with van der Waals surface area (Å²) in [6, 6.07) is 0. The Hall–Kier alpha value is -1.01. The van der Waals surface area contributed by atoms with E-state index in [0.717, 1.165) is 12.8 Å². The first-order chi connectivity index (χ1) is 14.0. The van der Waals surface area contributed by atoms with Crippen LogP contribution in [0, 0.1) is 0 Å². The Kier molecular flexibility index (Phi) is 26.1. The van der Waals surface area contributed by atoms with Crippen LogP contribution < -0.4 is 0 Å². The van der Waals surface area contributed by atoms with Crippen molar-refractivity contribution in [3.8, 4) is 0 Å². The van der Waals surface area contributed by atoms with Gasteiger partial charge in [0, 0.05) is 6.42 Å². The molecule has 172 valence electrons. The lowest BCUT2D eigenvalue weighted by molar-refractivity contribution is -0.149. The van der Waals surface area contributed by atoms with Crippen molar-refractivity contribution >= 4 is 41.1 Å². The highest BCUT2D eigenvalue weighted by atomic mass is 35.5. The molecule has 0 saturated heterocycles. The summed E-state index contributed by atoms with van der Waals surface area (Å²) in [5.41, 5.74) is 0. The first-order valence-corrected chi connectivity index (χ1v) is 11.7. The minimum atomic E-state index is -0.655. The van der Waals surface area contributed by atoms with E-state index >= 15 is 0 Å². The number of alkyl halides is 2. The molecular formula is C21H38Cl2O6. The Bertz CT molecular complexity index is 387. The van der Waals surface area contributed by atoms with E-state index in [-0.39, 0.29) is 25.0 Å². The van der Waals surface area contributed by atoms with Crippen molar-refractivity contribution < 1.29 is 29.0 Å². The maximum absolute atomic E-state index is 10.4. The van der Waals surface area contributed by atoms with Crippen LogP contribution in [0.2, 0.25) is 0 Å². The lowest BCUT2D eigenvalue weighted by Crippen LogP contribution is -2.14. The molecular weight excluding hydrogens is 419 g/mol. The fourth-order valence-electron chi connectivity index (χ4n) is 2.51. The molecule has 0 heterocycles. The molecule has 0 saturated carbocycles. The fraction of sp³-hybridized carbons (Fsp3) is 0.857. The number of carboxylic acid groups (broad SMARTS) is 1. The molecule has 0 rings (SSSR count). The van der Waals surface area contributed by atoms with E-state index < -0.39 is 17.9 Å². The summed E-state index contributed by atoms with van der Waals surface area (Å²) in [5.74, 6) is -2.15. The van der Waals surface area contributed by atoms with Gasteiger partial charge in [-0.3, -0.25) is 14.4 Å². The molecule has 0 amide bonds. The van der Waals surface area contributed by atoms with Crippen molar-refractivity contribution in [2.45, 2.75) is 90.4 Å². The average molecular weight is 457 g/mol. The van der Waals surface area contributed by atoms with Gasteiger partial charge in [-0.05, 0) is 6.42 Å². The highest BCUT2D eigenvalue weighted by Crippen LogP contribution is 2.12. The molecule has 0 aromatic heterocycles. The number of esters is 2. The van der Waals surface area contributed by atoms with Gasteiger partial charge >= 0.3 is 17.9 Å². The van der Waals surface area contributed by atoms with Gasteiger partial charge in [0.15, 0.2) is 0 Å². The SMILES string of the molecule is CCCCCCCCCCCCCCC(=O)O.O=C(CCl)OCCOC(=O)CCl. The first kappa shape index (κ1) is 30.2. The highest BCUT2D eigenvalue weighted by molar-refractivity contribution is 6.26. The van der Waals surface area contributed by atoms with E-state index in [1.54, 1.807) is 0 Å². The topological polar surface area (TPSA) is 89.9 Å². The molecule has 0 atom stereocenters. The number of rotatable bonds is 18. The third kappa shape index (κ3) is 29.3. The van der Waals surface area contributed by atoms with Gasteiger partial charge in [0.05, 0.1) is 0 Å². The second-order valence-electron chi connectivity index (χ2n) is 6.74. The zero-order valence-corrected chi connectivity index (χ0v) is 19.3. The number of ether oxygens (including phenoxy) is 2. The molecule has 0 aliphatic carbocycles. The maximum Gasteiger partial charge on any atom is 0.320 e. The molecule has 0 bridgehead atoms. The molecule has 8 heteroatoms. The van der Waals surface area contributed by atoms with E-state index in [4.69, 9.17) is 28.3 Å². The molecule has 0 radical (unpaired) electrons. The number of unbranched alkanes of at least 4 members (excludes halogenated alkanes) is 11. The number of carbonyl (C=O) groups excluding carboxylic acids is 2. The molecule has 0 aliphatic rings. The van der Waals surface area contributed by atoms with Crippen molar-refractivity contribution in [3.63, 3.8) is 0 Å². The van der Waals surface area contributed by atoms with Crippen LogP contribution in [-0.4, -0.2) is 48.0 Å². The fourth-order valence-corrected chi connectivity index (χ4v) is 2.66. The van der Waals surface area contributed by atoms with Crippen LogP contribution >= 0.6 is 23.2 Å². The molecule has 0 fully saturated rings. The Morgan fingerprint density at radius 1 is 0.655 bits per heavy atom. The lowest BCUT2D eigenvalue weighted by Gasteiger charge is -2.02. The van der Waals surface area contributed by atoms with E-state index in [2.05, 4.69) is 16.4 Å². The highest BCUT2D eigenvalue weighted by Gasteiger charge is 2.01.